The monoisotopic (exact) mass is 394 g/mol. The van der Waals surface area contributed by atoms with Crippen LogP contribution in [0.15, 0.2) is 42.5 Å². The van der Waals surface area contributed by atoms with Crippen LogP contribution >= 0.6 is 0 Å². The largest absolute Gasteiger partial charge is 0.490 e. The van der Waals surface area contributed by atoms with E-state index < -0.39 is 0 Å². The van der Waals surface area contributed by atoms with Crippen LogP contribution in [0.4, 0.5) is 0 Å². The van der Waals surface area contributed by atoms with Gasteiger partial charge in [0.1, 0.15) is 0 Å². The van der Waals surface area contributed by atoms with Crippen LogP contribution in [0.3, 0.4) is 0 Å². The molecular formula is C24H30N2O3. The smallest absolute Gasteiger partial charge is 0.234 e. The molecule has 5 heteroatoms. The summed E-state index contributed by atoms with van der Waals surface area (Å²) in [6, 6.07) is 14.7. The molecule has 0 bridgehead atoms. The first kappa shape index (κ1) is 19.8. The van der Waals surface area contributed by atoms with Gasteiger partial charge >= 0.3 is 0 Å². The molecule has 2 aromatic carbocycles. The number of carbonyl (C=O) groups excluding carboxylic acids is 1. The number of benzene rings is 2. The Balaban J connectivity index is 1.41. The molecule has 2 aliphatic rings. The molecule has 0 aromatic heterocycles. The van der Waals surface area contributed by atoms with E-state index in [1.807, 2.05) is 25.1 Å². The molecule has 2 heterocycles. The standard InChI is InChI=1S/C24H30N2O3/c1-17-7-3-4-8-20(17)18(2)25-24(27)16-26-12-5-9-21(26)19-10-11-22-23(15-19)29-14-6-13-28-22/h3-4,7-8,10-11,15,18,21H,5-6,9,12-14,16H2,1-2H3,(H,25,27)/t18-,21+/m0/s1. The minimum atomic E-state index is 0.00259. The zero-order chi connectivity index (χ0) is 20.2. The number of fused-ring (bicyclic) bond motifs is 1. The Labute approximate surface area is 173 Å². The van der Waals surface area contributed by atoms with Gasteiger partial charge in [-0.15, -0.1) is 0 Å². The van der Waals surface area contributed by atoms with Gasteiger partial charge in [-0.3, -0.25) is 9.69 Å². The van der Waals surface area contributed by atoms with Crippen molar-refractivity contribution in [3.63, 3.8) is 0 Å². The molecule has 2 atom stereocenters. The predicted molar refractivity (Wildman–Crippen MR) is 113 cm³/mol. The average molecular weight is 395 g/mol. The van der Waals surface area contributed by atoms with Gasteiger partial charge in [0.2, 0.25) is 5.91 Å². The molecule has 0 aliphatic carbocycles. The summed E-state index contributed by atoms with van der Waals surface area (Å²) in [5, 5.41) is 3.17. The van der Waals surface area contributed by atoms with Crippen molar-refractivity contribution in [3.05, 3.63) is 59.2 Å². The predicted octanol–water partition coefficient (Wildman–Crippen LogP) is 4.17. The van der Waals surface area contributed by atoms with Crippen molar-refractivity contribution in [3.8, 4) is 11.5 Å². The number of hydrogen-bond acceptors (Lipinski definition) is 4. The number of ether oxygens (including phenoxy) is 2. The van der Waals surface area contributed by atoms with Crippen LogP contribution in [-0.4, -0.2) is 37.1 Å². The first-order chi connectivity index (χ1) is 14.1. The highest BCUT2D eigenvalue weighted by molar-refractivity contribution is 5.78. The Kier molecular flexibility index (Phi) is 6.05. The summed E-state index contributed by atoms with van der Waals surface area (Å²) in [4.78, 5) is 15.0. The van der Waals surface area contributed by atoms with Gasteiger partial charge in [-0.05, 0) is 62.1 Å². The maximum Gasteiger partial charge on any atom is 0.234 e. The van der Waals surface area contributed by atoms with Gasteiger partial charge in [0.15, 0.2) is 11.5 Å². The van der Waals surface area contributed by atoms with Gasteiger partial charge in [0.05, 0.1) is 25.8 Å². The molecular weight excluding hydrogens is 364 g/mol. The van der Waals surface area contributed by atoms with E-state index in [4.69, 9.17) is 9.47 Å². The maximum atomic E-state index is 12.8. The second-order valence-corrected chi connectivity index (χ2v) is 8.03. The molecule has 0 spiro atoms. The first-order valence-corrected chi connectivity index (χ1v) is 10.6. The Morgan fingerprint density at radius 2 is 1.93 bits per heavy atom. The third kappa shape index (κ3) is 4.56. The third-order valence-corrected chi connectivity index (χ3v) is 5.90. The van der Waals surface area contributed by atoms with E-state index in [-0.39, 0.29) is 18.0 Å². The fourth-order valence-electron chi connectivity index (χ4n) is 4.40. The maximum absolute atomic E-state index is 12.8. The molecule has 1 amide bonds. The zero-order valence-corrected chi connectivity index (χ0v) is 17.3. The van der Waals surface area contributed by atoms with Crippen LogP contribution in [0.1, 0.15) is 55.0 Å². The van der Waals surface area contributed by atoms with Crippen LogP contribution in [0.25, 0.3) is 0 Å². The minimum absolute atomic E-state index is 0.00259. The zero-order valence-electron chi connectivity index (χ0n) is 17.3. The van der Waals surface area contributed by atoms with Crippen molar-refractivity contribution in [2.24, 2.45) is 0 Å². The molecule has 0 radical (unpaired) electrons. The summed E-state index contributed by atoms with van der Waals surface area (Å²) >= 11 is 0. The number of hydrogen-bond donors (Lipinski definition) is 1. The van der Waals surface area contributed by atoms with Crippen LogP contribution in [0, 0.1) is 6.92 Å². The van der Waals surface area contributed by atoms with Crippen molar-refractivity contribution in [2.45, 2.75) is 45.2 Å². The Morgan fingerprint density at radius 3 is 2.76 bits per heavy atom. The number of likely N-dealkylation sites (tertiary alicyclic amines) is 1. The molecule has 1 fully saturated rings. The van der Waals surface area contributed by atoms with Crippen LogP contribution < -0.4 is 14.8 Å². The third-order valence-electron chi connectivity index (χ3n) is 5.90. The normalized spacial score (nSPS) is 20.1. The molecule has 29 heavy (non-hydrogen) atoms. The van der Waals surface area contributed by atoms with E-state index >= 15 is 0 Å². The molecule has 0 unspecified atom stereocenters. The van der Waals surface area contributed by atoms with Crippen molar-refractivity contribution in [1.82, 2.24) is 10.2 Å². The number of nitrogens with zero attached hydrogens (tertiary/aromatic N) is 1. The quantitative estimate of drug-likeness (QED) is 0.827. The number of carbonyl (C=O) groups is 1. The highest BCUT2D eigenvalue weighted by Gasteiger charge is 2.29. The van der Waals surface area contributed by atoms with Gasteiger partial charge in [0.25, 0.3) is 0 Å². The van der Waals surface area contributed by atoms with Crippen molar-refractivity contribution in [2.75, 3.05) is 26.3 Å². The van der Waals surface area contributed by atoms with Gasteiger partial charge in [-0.2, -0.15) is 0 Å². The molecule has 2 aliphatic heterocycles. The van der Waals surface area contributed by atoms with E-state index in [9.17, 15) is 4.79 Å². The van der Waals surface area contributed by atoms with Gasteiger partial charge < -0.3 is 14.8 Å². The van der Waals surface area contributed by atoms with Gasteiger partial charge in [-0.25, -0.2) is 0 Å². The number of aryl methyl sites for hydroxylation is 1. The van der Waals surface area contributed by atoms with Gasteiger partial charge in [-0.1, -0.05) is 30.3 Å². The second kappa shape index (κ2) is 8.87. The molecule has 4 rings (SSSR count). The van der Waals surface area contributed by atoms with Crippen molar-refractivity contribution < 1.29 is 14.3 Å². The topological polar surface area (TPSA) is 50.8 Å². The molecule has 0 saturated carbocycles. The van der Waals surface area contributed by atoms with Crippen molar-refractivity contribution in [1.29, 1.82) is 0 Å². The second-order valence-electron chi connectivity index (χ2n) is 8.03. The molecule has 154 valence electrons. The highest BCUT2D eigenvalue weighted by Crippen LogP contribution is 2.37. The van der Waals surface area contributed by atoms with E-state index in [1.165, 1.54) is 16.7 Å². The number of amides is 1. The van der Waals surface area contributed by atoms with E-state index in [2.05, 4.69) is 41.4 Å². The average Bonchev–Trinajstić information content (AvgIpc) is 3.03. The summed E-state index contributed by atoms with van der Waals surface area (Å²) < 4.78 is 11.6. The van der Waals surface area contributed by atoms with Gasteiger partial charge in [0, 0.05) is 12.5 Å². The van der Waals surface area contributed by atoms with E-state index in [0.717, 1.165) is 37.3 Å². The fraction of sp³-hybridized carbons (Fsp3) is 0.458. The molecule has 2 aromatic rings. The van der Waals surface area contributed by atoms with Crippen molar-refractivity contribution >= 4 is 5.91 Å². The van der Waals surface area contributed by atoms with Crippen LogP contribution in [0.2, 0.25) is 0 Å². The molecule has 1 N–H and O–H groups in total. The Morgan fingerprint density at radius 1 is 1.14 bits per heavy atom. The highest BCUT2D eigenvalue weighted by atomic mass is 16.5. The lowest BCUT2D eigenvalue weighted by molar-refractivity contribution is -0.123. The van der Waals surface area contributed by atoms with Crippen LogP contribution in [-0.2, 0) is 4.79 Å². The lowest BCUT2D eigenvalue weighted by Gasteiger charge is -2.26. The first-order valence-electron chi connectivity index (χ1n) is 10.6. The molecule has 5 nitrogen and oxygen atoms in total. The molecule has 1 saturated heterocycles. The van der Waals surface area contributed by atoms with Crippen LogP contribution in [0.5, 0.6) is 11.5 Å². The Hall–Kier alpha value is -2.53. The summed E-state index contributed by atoms with van der Waals surface area (Å²) in [7, 11) is 0. The lowest BCUT2D eigenvalue weighted by Crippen LogP contribution is -2.38. The van der Waals surface area contributed by atoms with E-state index in [1.54, 1.807) is 0 Å². The fourth-order valence-corrected chi connectivity index (χ4v) is 4.40. The lowest BCUT2D eigenvalue weighted by atomic mass is 10.0. The SMILES string of the molecule is Cc1ccccc1[C@H](C)NC(=O)CN1CCC[C@@H]1c1ccc2c(c1)OCCCO2. The Bertz CT molecular complexity index is 867. The van der Waals surface area contributed by atoms with E-state index in [0.29, 0.717) is 19.8 Å². The minimum Gasteiger partial charge on any atom is -0.490 e. The summed E-state index contributed by atoms with van der Waals surface area (Å²) in [6.45, 7) is 6.86. The summed E-state index contributed by atoms with van der Waals surface area (Å²) in [6.07, 6.45) is 3.05. The summed E-state index contributed by atoms with van der Waals surface area (Å²) in [5.74, 6) is 1.71. The number of rotatable bonds is 5. The number of nitrogens with one attached hydrogen (secondary N) is 1. The summed E-state index contributed by atoms with van der Waals surface area (Å²) in [5.41, 5.74) is 3.57.